The Hall–Kier alpha value is -4.03. The van der Waals surface area contributed by atoms with Crippen LogP contribution in [0, 0.1) is 10.1 Å². The Labute approximate surface area is 184 Å². The molecule has 3 aromatic rings. The lowest BCUT2D eigenvalue weighted by Crippen LogP contribution is -2.32. The van der Waals surface area contributed by atoms with E-state index in [9.17, 15) is 19.7 Å². The third kappa shape index (κ3) is 5.32. The smallest absolute Gasteiger partial charge is 0.276 e. The molecule has 2 aromatic heterocycles. The van der Waals surface area contributed by atoms with Gasteiger partial charge in [0.1, 0.15) is 6.33 Å². The second-order valence-electron chi connectivity index (χ2n) is 5.69. The molecule has 0 aliphatic rings. The summed E-state index contributed by atoms with van der Waals surface area (Å²) in [4.78, 5) is 46.5. The van der Waals surface area contributed by atoms with Crippen molar-refractivity contribution in [3.63, 3.8) is 0 Å². The summed E-state index contributed by atoms with van der Waals surface area (Å²) in [6, 6.07) is 7.13. The van der Waals surface area contributed by atoms with E-state index in [1.165, 1.54) is 42.7 Å². The molecule has 0 saturated carbocycles. The number of halogens is 2. The monoisotopic (exact) mass is 462 g/mol. The first-order valence-electron chi connectivity index (χ1n) is 8.34. The summed E-state index contributed by atoms with van der Waals surface area (Å²) < 4.78 is 0. The van der Waals surface area contributed by atoms with E-state index in [0.717, 1.165) is 6.33 Å². The van der Waals surface area contributed by atoms with E-state index in [4.69, 9.17) is 23.2 Å². The molecule has 14 heteroatoms. The summed E-state index contributed by atoms with van der Waals surface area (Å²) in [5.41, 5.74) is 8.98. The number of aromatic nitrogens is 3. The van der Waals surface area contributed by atoms with Crippen LogP contribution in [0.1, 0.15) is 20.7 Å². The Morgan fingerprint density at radius 3 is 2.13 bits per heavy atom. The number of anilines is 2. The quantitative estimate of drug-likeness (QED) is 0.305. The number of hydrogen-bond donors (Lipinski definition) is 4. The van der Waals surface area contributed by atoms with Gasteiger partial charge in [0.05, 0.1) is 15.5 Å². The van der Waals surface area contributed by atoms with Crippen molar-refractivity contribution in [3.05, 3.63) is 80.3 Å². The van der Waals surface area contributed by atoms with Crippen LogP contribution in [0.4, 0.5) is 17.3 Å². The predicted molar refractivity (Wildman–Crippen MR) is 112 cm³/mol. The summed E-state index contributed by atoms with van der Waals surface area (Å²) in [6.45, 7) is 0. The first kappa shape index (κ1) is 21.7. The second-order valence-corrected chi connectivity index (χ2v) is 6.54. The summed E-state index contributed by atoms with van der Waals surface area (Å²) >= 11 is 11.8. The normalized spacial score (nSPS) is 10.1. The molecule has 2 amide bonds. The molecule has 0 saturated heterocycles. The third-order valence-electron chi connectivity index (χ3n) is 3.71. The molecule has 4 N–H and O–H groups in total. The number of amides is 2. The van der Waals surface area contributed by atoms with Gasteiger partial charge in [0.2, 0.25) is 11.6 Å². The maximum atomic E-state index is 12.3. The topological polar surface area (TPSA) is 164 Å². The molecule has 0 bridgehead atoms. The van der Waals surface area contributed by atoms with E-state index in [1.54, 1.807) is 0 Å². The molecule has 12 nitrogen and oxygen atoms in total. The van der Waals surface area contributed by atoms with Gasteiger partial charge < -0.3 is 0 Å². The molecule has 0 atom stereocenters. The lowest BCUT2D eigenvalue weighted by molar-refractivity contribution is -0.383. The fourth-order valence-corrected chi connectivity index (χ4v) is 2.78. The van der Waals surface area contributed by atoms with Gasteiger partial charge in [-0.1, -0.05) is 23.2 Å². The Bertz CT molecular complexity index is 1150. The van der Waals surface area contributed by atoms with Crippen LogP contribution in [0.15, 0.2) is 49.1 Å². The molecule has 31 heavy (non-hydrogen) atoms. The van der Waals surface area contributed by atoms with E-state index in [-0.39, 0.29) is 27.8 Å². The van der Waals surface area contributed by atoms with Crippen molar-refractivity contribution in [3.8, 4) is 0 Å². The maximum absolute atomic E-state index is 12.3. The minimum Gasteiger partial charge on any atom is -0.276 e. The van der Waals surface area contributed by atoms with Gasteiger partial charge in [0, 0.05) is 23.0 Å². The summed E-state index contributed by atoms with van der Waals surface area (Å²) in [7, 11) is 0. The van der Waals surface area contributed by atoms with Gasteiger partial charge in [-0.3, -0.25) is 46.4 Å². The molecule has 0 aliphatic heterocycles. The van der Waals surface area contributed by atoms with Gasteiger partial charge in [0.25, 0.3) is 11.8 Å². The van der Waals surface area contributed by atoms with E-state index >= 15 is 0 Å². The number of hydrogen-bond acceptors (Lipinski definition) is 9. The van der Waals surface area contributed by atoms with Gasteiger partial charge in [-0.05, 0) is 30.3 Å². The predicted octanol–water partition coefficient (Wildman–Crippen LogP) is 2.60. The van der Waals surface area contributed by atoms with Crippen LogP contribution < -0.4 is 21.7 Å². The van der Waals surface area contributed by atoms with Crippen molar-refractivity contribution in [1.82, 2.24) is 25.8 Å². The van der Waals surface area contributed by atoms with Gasteiger partial charge in [0.15, 0.2) is 0 Å². The highest BCUT2D eigenvalue weighted by Gasteiger charge is 2.24. The van der Waals surface area contributed by atoms with Gasteiger partial charge in [-0.25, -0.2) is 9.97 Å². The molecule has 158 valence electrons. The van der Waals surface area contributed by atoms with Crippen LogP contribution in [-0.2, 0) is 0 Å². The van der Waals surface area contributed by atoms with Crippen LogP contribution >= 0.6 is 23.2 Å². The Balaban J connectivity index is 1.74. The van der Waals surface area contributed by atoms with E-state index < -0.39 is 22.4 Å². The second kappa shape index (κ2) is 9.65. The van der Waals surface area contributed by atoms with Crippen LogP contribution in [0.5, 0.6) is 0 Å². The summed E-state index contributed by atoms with van der Waals surface area (Å²) in [5, 5.41) is 12.0. The molecular formula is C17H12Cl2N8O4. The minimum absolute atomic E-state index is 0.0817. The first-order chi connectivity index (χ1) is 14.9. The molecule has 0 spiro atoms. The average Bonchev–Trinajstić information content (AvgIpc) is 2.76. The molecule has 0 radical (unpaired) electrons. The molecule has 0 aliphatic carbocycles. The fraction of sp³-hybridized carbons (Fsp3) is 0. The number of benzene rings is 1. The number of carbonyl (C=O) groups is 2. The molecule has 1 aromatic carbocycles. The number of carbonyl (C=O) groups excluding carboxylic acids is 2. The van der Waals surface area contributed by atoms with Crippen LogP contribution in [0.2, 0.25) is 10.0 Å². The Morgan fingerprint density at radius 1 is 0.935 bits per heavy atom. The molecular weight excluding hydrogens is 451 g/mol. The minimum atomic E-state index is -0.787. The zero-order chi connectivity index (χ0) is 22.4. The lowest BCUT2D eigenvalue weighted by Gasteiger charge is -2.12. The SMILES string of the molecule is O=C(NNc1ncnc(NNC(=O)c2ccc(Cl)cc2Cl)c1[N+](=O)[O-])c1ccncc1. The molecule has 3 rings (SSSR count). The molecule has 0 unspecified atom stereocenters. The fourth-order valence-electron chi connectivity index (χ4n) is 2.28. The number of nitrogens with zero attached hydrogens (tertiary/aromatic N) is 4. The number of rotatable bonds is 7. The van der Waals surface area contributed by atoms with Crippen molar-refractivity contribution in [1.29, 1.82) is 0 Å². The lowest BCUT2D eigenvalue weighted by atomic mass is 10.2. The highest BCUT2D eigenvalue weighted by Crippen LogP contribution is 2.28. The molecule has 2 heterocycles. The first-order valence-corrected chi connectivity index (χ1v) is 9.09. The standard InChI is InChI=1S/C17H12Cl2N8O4/c18-10-1-2-11(12(19)7-10)17(29)26-24-15-13(27(30)31)14(21-8-22-15)23-25-16(28)9-3-5-20-6-4-9/h1-8H,(H,25,28)(H,26,29)(H2,21,22,23,24). The van der Waals surface area contributed by atoms with Gasteiger partial charge in [-0.15, -0.1) is 0 Å². The number of hydrazine groups is 2. The Kier molecular flexibility index (Phi) is 6.74. The maximum Gasteiger partial charge on any atom is 0.356 e. The Morgan fingerprint density at radius 2 is 1.55 bits per heavy atom. The summed E-state index contributed by atoms with van der Waals surface area (Å²) in [5.74, 6) is -1.91. The zero-order valence-electron chi connectivity index (χ0n) is 15.3. The number of pyridine rings is 1. The van der Waals surface area contributed by atoms with Gasteiger partial charge in [-0.2, -0.15) is 0 Å². The zero-order valence-corrected chi connectivity index (χ0v) is 16.8. The van der Waals surface area contributed by atoms with E-state index in [2.05, 4.69) is 36.7 Å². The summed E-state index contributed by atoms with van der Waals surface area (Å²) in [6.07, 6.45) is 3.83. The van der Waals surface area contributed by atoms with E-state index in [1.807, 2.05) is 0 Å². The van der Waals surface area contributed by atoms with Crippen molar-refractivity contribution in [2.24, 2.45) is 0 Å². The largest absolute Gasteiger partial charge is 0.356 e. The van der Waals surface area contributed by atoms with Crippen molar-refractivity contribution < 1.29 is 14.5 Å². The van der Waals surface area contributed by atoms with Crippen LogP contribution in [0.3, 0.4) is 0 Å². The van der Waals surface area contributed by atoms with Crippen molar-refractivity contribution in [2.45, 2.75) is 0 Å². The number of nitrogens with one attached hydrogen (secondary N) is 4. The highest BCUT2D eigenvalue weighted by molar-refractivity contribution is 6.36. The van der Waals surface area contributed by atoms with Gasteiger partial charge >= 0.3 is 5.69 Å². The van der Waals surface area contributed by atoms with Crippen molar-refractivity contribution >= 4 is 52.3 Å². The number of nitro groups is 1. The van der Waals surface area contributed by atoms with E-state index in [0.29, 0.717) is 5.02 Å². The highest BCUT2D eigenvalue weighted by atomic mass is 35.5. The van der Waals surface area contributed by atoms with Crippen LogP contribution in [-0.4, -0.2) is 31.7 Å². The average molecular weight is 463 g/mol. The van der Waals surface area contributed by atoms with Crippen LogP contribution in [0.25, 0.3) is 0 Å². The third-order valence-corrected chi connectivity index (χ3v) is 4.26. The molecule has 0 fully saturated rings. The van der Waals surface area contributed by atoms with Crippen molar-refractivity contribution in [2.75, 3.05) is 10.9 Å².